The van der Waals surface area contributed by atoms with Gasteiger partial charge in [-0.2, -0.15) is 0 Å². The van der Waals surface area contributed by atoms with Crippen LogP contribution in [0.5, 0.6) is 0 Å². The topological polar surface area (TPSA) is 37.4 Å². The quantitative estimate of drug-likeness (QED) is 0.768. The Morgan fingerprint density at radius 3 is 1.80 bits per heavy atom. The lowest BCUT2D eigenvalue weighted by atomic mass is 10.3. The van der Waals surface area contributed by atoms with E-state index in [9.17, 15) is 9.59 Å². The van der Waals surface area contributed by atoms with Gasteiger partial charge in [-0.25, -0.2) is 4.90 Å². The molecule has 106 valence electrons. The zero-order valence-electron chi connectivity index (χ0n) is 11.2. The molecule has 0 N–H and O–H groups in total. The van der Waals surface area contributed by atoms with Crippen molar-refractivity contribution in [2.24, 2.45) is 0 Å². The summed E-state index contributed by atoms with van der Waals surface area (Å²) >= 11 is 8.68. The van der Waals surface area contributed by atoms with Gasteiger partial charge in [0.05, 0.1) is 15.5 Å². The van der Waals surface area contributed by atoms with Crippen LogP contribution < -0.4 is 4.90 Å². The minimum atomic E-state index is -0.236. The van der Waals surface area contributed by atoms with E-state index in [2.05, 4.69) is 0 Å². The van der Waals surface area contributed by atoms with Crippen molar-refractivity contribution in [1.82, 2.24) is 0 Å². The highest BCUT2D eigenvalue weighted by atomic mass is 35.5. The summed E-state index contributed by atoms with van der Waals surface area (Å²) in [5.74, 6) is 1.05. The SMILES string of the molecule is CCSC1=C(SCC)C(=O)N(c2ccc(Cl)cc2)C1=O. The number of nitrogens with zero attached hydrogens (tertiary/aromatic N) is 1. The van der Waals surface area contributed by atoms with Gasteiger partial charge in [0.25, 0.3) is 11.8 Å². The molecule has 0 radical (unpaired) electrons. The molecule has 1 aromatic rings. The zero-order chi connectivity index (χ0) is 14.7. The number of amides is 2. The number of benzene rings is 1. The van der Waals surface area contributed by atoms with E-state index in [1.807, 2.05) is 13.8 Å². The van der Waals surface area contributed by atoms with Crippen LogP contribution >= 0.6 is 35.1 Å². The van der Waals surface area contributed by atoms with Crippen LogP contribution in [0.1, 0.15) is 13.8 Å². The molecular weight excluding hydrogens is 314 g/mol. The minimum Gasteiger partial charge on any atom is -0.268 e. The van der Waals surface area contributed by atoms with Crippen molar-refractivity contribution in [3.05, 3.63) is 39.1 Å². The van der Waals surface area contributed by atoms with Crippen LogP contribution in [0.15, 0.2) is 34.1 Å². The van der Waals surface area contributed by atoms with Crippen LogP contribution in [0.4, 0.5) is 5.69 Å². The second-order valence-corrected chi connectivity index (χ2v) is 6.93. The second-order valence-electron chi connectivity index (χ2n) is 3.95. The number of thioether (sulfide) groups is 2. The van der Waals surface area contributed by atoms with Gasteiger partial charge in [0.15, 0.2) is 0 Å². The average molecular weight is 328 g/mol. The Bertz CT molecular complexity index is 541. The van der Waals surface area contributed by atoms with E-state index in [1.54, 1.807) is 24.3 Å². The van der Waals surface area contributed by atoms with Crippen LogP contribution in [0.3, 0.4) is 0 Å². The standard InChI is InChI=1S/C14H14ClNO2S2/c1-3-19-11-12(20-4-2)14(18)16(13(11)17)10-7-5-9(15)6-8-10/h5-8H,3-4H2,1-2H3. The third-order valence-electron chi connectivity index (χ3n) is 2.66. The molecular formula is C14H14ClNO2S2. The van der Waals surface area contributed by atoms with Crippen molar-refractivity contribution >= 4 is 52.6 Å². The molecule has 0 spiro atoms. The number of rotatable bonds is 5. The Hall–Kier alpha value is -0.910. The van der Waals surface area contributed by atoms with Gasteiger partial charge in [-0.3, -0.25) is 9.59 Å². The number of imide groups is 1. The van der Waals surface area contributed by atoms with Crippen LogP contribution in [0, 0.1) is 0 Å². The summed E-state index contributed by atoms with van der Waals surface area (Å²) in [5, 5.41) is 0.576. The molecule has 6 heteroatoms. The molecule has 3 nitrogen and oxygen atoms in total. The summed E-state index contributed by atoms with van der Waals surface area (Å²) < 4.78 is 0. The van der Waals surface area contributed by atoms with Crippen molar-refractivity contribution in [2.45, 2.75) is 13.8 Å². The van der Waals surface area contributed by atoms with Gasteiger partial charge in [0.1, 0.15) is 0 Å². The van der Waals surface area contributed by atoms with E-state index in [1.165, 1.54) is 28.4 Å². The maximum absolute atomic E-state index is 12.5. The highest BCUT2D eigenvalue weighted by Crippen LogP contribution is 2.38. The summed E-state index contributed by atoms with van der Waals surface area (Å²) in [5.41, 5.74) is 0.560. The lowest BCUT2D eigenvalue weighted by molar-refractivity contribution is -0.120. The number of hydrogen-bond acceptors (Lipinski definition) is 4. The predicted molar refractivity (Wildman–Crippen MR) is 87.2 cm³/mol. The van der Waals surface area contributed by atoms with Gasteiger partial charge >= 0.3 is 0 Å². The normalized spacial score (nSPS) is 15.4. The molecule has 2 amide bonds. The molecule has 0 atom stereocenters. The molecule has 1 heterocycles. The number of hydrogen-bond donors (Lipinski definition) is 0. The summed E-state index contributed by atoms with van der Waals surface area (Å²) in [6.07, 6.45) is 0. The second kappa shape index (κ2) is 6.70. The maximum atomic E-state index is 12.5. The van der Waals surface area contributed by atoms with Crippen molar-refractivity contribution in [3.63, 3.8) is 0 Å². The van der Waals surface area contributed by atoms with Crippen molar-refractivity contribution in [3.8, 4) is 0 Å². The molecule has 2 rings (SSSR count). The van der Waals surface area contributed by atoms with Gasteiger partial charge < -0.3 is 0 Å². The third-order valence-corrected chi connectivity index (χ3v) is 4.96. The van der Waals surface area contributed by atoms with Crippen molar-refractivity contribution in [1.29, 1.82) is 0 Å². The maximum Gasteiger partial charge on any atom is 0.273 e. The molecule has 0 aromatic heterocycles. The van der Waals surface area contributed by atoms with Crippen LogP contribution in [-0.4, -0.2) is 23.3 Å². The molecule has 1 aliphatic rings. The average Bonchev–Trinajstić information content (AvgIpc) is 2.65. The monoisotopic (exact) mass is 327 g/mol. The summed E-state index contributed by atoms with van der Waals surface area (Å²) in [6, 6.07) is 6.72. The molecule has 0 saturated heterocycles. The van der Waals surface area contributed by atoms with E-state index < -0.39 is 0 Å². The smallest absolute Gasteiger partial charge is 0.268 e. The van der Waals surface area contributed by atoms with E-state index in [0.29, 0.717) is 20.5 Å². The molecule has 0 fully saturated rings. The van der Waals surface area contributed by atoms with Gasteiger partial charge in [0.2, 0.25) is 0 Å². The van der Waals surface area contributed by atoms with E-state index in [4.69, 9.17) is 11.6 Å². The Morgan fingerprint density at radius 1 is 0.950 bits per heavy atom. The van der Waals surface area contributed by atoms with Crippen LogP contribution in [0.25, 0.3) is 0 Å². The number of halogens is 1. The van der Waals surface area contributed by atoms with Gasteiger partial charge in [-0.15, -0.1) is 23.5 Å². The minimum absolute atomic E-state index is 0.236. The van der Waals surface area contributed by atoms with Crippen LogP contribution in [-0.2, 0) is 9.59 Å². The first-order valence-electron chi connectivity index (χ1n) is 6.24. The lowest BCUT2D eigenvalue weighted by Gasteiger charge is -2.14. The lowest BCUT2D eigenvalue weighted by Crippen LogP contribution is -2.31. The van der Waals surface area contributed by atoms with Crippen molar-refractivity contribution < 1.29 is 9.59 Å². The molecule has 0 unspecified atom stereocenters. The molecule has 0 saturated carbocycles. The Kier molecular flexibility index (Phi) is 5.18. The van der Waals surface area contributed by atoms with Crippen molar-refractivity contribution in [2.75, 3.05) is 16.4 Å². The fourth-order valence-corrected chi connectivity index (χ4v) is 3.78. The Morgan fingerprint density at radius 2 is 1.40 bits per heavy atom. The van der Waals surface area contributed by atoms with Crippen LogP contribution in [0.2, 0.25) is 5.02 Å². The highest BCUT2D eigenvalue weighted by molar-refractivity contribution is 8.08. The zero-order valence-corrected chi connectivity index (χ0v) is 13.6. The van der Waals surface area contributed by atoms with Gasteiger partial charge in [-0.1, -0.05) is 25.4 Å². The summed E-state index contributed by atoms with van der Waals surface area (Å²) in [4.78, 5) is 27.3. The van der Waals surface area contributed by atoms with E-state index in [-0.39, 0.29) is 11.8 Å². The number of carbonyl (C=O) groups excluding carboxylic acids is 2. The summed E-state index contributed by atoms with van der Waals surface area (Å²) in [6.45, 7) is 3.93. The fraction of sp³-hybridized carbons (Fsp3) is 0.286. The fourth-order valence-electron chi connectivity index (χ4n) is 1.86. The molecule has 1 aromatic carbocycles. The molecule has 0 bridgehead atoms. The summed E-state index contributed by atoms with van der Waals surface area (Å²) in [7, 11) is 0. The molecule has 0 aliphatic carbocycles. The van der Waals surface area contributed by atoms with E-state index >= 15 is 0 Å². The Balaban J connectivity index is 2.37. The van der Waals surface area contributed by atoms with Gasteiger partial charge in [0, 0.05) is 5.02 Å². The first-order valence-corrected chi connectivity index (χ1v) is 8.59. The largest absolute Gasteiger partial charge is 0.273 e. The third kappa shape index (κ3) is 2.90. The molecule has 1 aliphatic heterocycles. The predicted octanol–water partition coefficient (Wildman–Crippen LogP) is 3.93. The van der Waals surface area contributed by atoms with E-state index in [0.717, 1.165) is 11.5 Å². The molecule has 20 heavy (non-hydrogen) atoms. The number of carbonyl (C=O) groups is 2. The first-order chi connectivity index (χ1) is 9.60. The van der Waals surface area contributed by atoms with Gasteiger partial charge in [-0.05, 0) is 35.8 Å². The first kappa shape index (κ1) is 15.5. The number of anilines is 1. The highest BCUT2D eigenvalue weighted by Gasteiger charge is 2.39. The Labute approximate surface area is 131 Å².